The zero-order chi connectivity index (χ0) is 19.1. The first-order valence-electron chi connectivity index (χ1n) is 8.73. The van der Waals surface area contributed by atoms with Gasteiger partial charge in [-0.2, -0.15) is 0 Å². The molecular weight excluding hydrogens is 461 g/mol. The maximum Gasteiger partial charge on any atom is 0.262 e. The molecule has 1 aromatic carbocycles. The van der Waals surface area contributed by atoms with Gasteiger partial charge in [0.05, 0.1) is 16.7 Å². The van der Waals surface area contributed by atoms with Crippen molar-refractivity contribution in [1.82, 2.24) is 14.5 Å². The number of benzene rings is 1. The van der Waals surface area contributed by atoms with E-state index in [2.05, 4.69) is 48.0 Å². The number of carbonyl (C=O) groups excluding carboxylic acids is 1. The van der Waals surface area contributed by atoms with Crippen LogP contribution in [-0.2, 0) is 11.3 Å². The lowest BCUT2D eigenvalue weighted by atomic mass is 10.2. The third kappa shape index (κ3) is 5.09. The van der Waals surface area contributed by atoms with Gasteiger partial charge in [0.15, 0.2) is 5.16 Å². The van der Waals surface area contributed by atoms with Crippen LogP contribution in [0.5, 0.6) is 0 Å². The number of hydrogen-bond acceptors (Lipinski definition) is 4. The van der Waals surface area contributed by atoms with Gasteiger partial charge < -0.3 is 4.90 Å². The fourth-order valence-corrected chi connectivity index (χ4v) is 4.09. The lowest BCUT2D eigenvalue weighted by Crippen LogP contribution is -2.34. The van der Waals surface area contributed by atoms with Crippen LogP contribution in [0.3, 0.4) is 0 Å². The van der Waals surface area contributed by atoms with Gasteiger partial charge in [-0.25, -0.2) is 4.98 Å². The van der Waals surface area contributed by atoms with Crippen LogP contribution in [0.4, 0.5) is 0 Å². The van der Waals surface area contributed by atoms with Crippen molar-refractivity contribution in [1.29, 1.82) is 0 Å². The van der Waals surface area contributed by atoms with E-state index in [0.29, 0.717) is 22.6 Å². The average molecular weight is 485 g/mol. The smallest absolute Gasteiger partial charge is 0.262 e. The molecule has 1 amide bonds. The SMILES string of the molecule is C=CCn1c(SCC(=O)N(CCC)CCC)nc2ccc(I)cc2c1=O. The van der Waals surface area contributed by atoms with E-state index in [-0.39, 0.29) is 17.2 Å². The Labute approximate surface area is 172 Å². The lowest BCUT2D eigenvalue weighted by Gasteiger charge is -2.21. The Morgan fingerprint density at radius 1 is 1.35 bits per heavy atom. The van der Waals surface area contributed by atoms with E-state index in [9.17, 15) is 9.59 Å². The van der Waals surface area contributed by atoms with Crippen molar-refractivity contribution < 1.29 is 4.79 Å². The van der Waals surface area contributed by atoms with Gasteiger partial charge in [0.25, 0.3) is 5.56 Å². The minimum Gasteiger partial charge on any atom is -0.342 e. The lowest BCUT2D eigenvalue weighted by molar-refractivity contribution is -0.128. The van der Waals surface area contributed by atoms with Crippen molar-refractivity contribution in [3.05, 3.63) is 44.8 Å². The first-order valence-corrected chi connectivity index (χ1v) is 10.8. The van der Waals surface area contributed by atoms with Crippen LogP contribution < -0.4 is 5.56 Å². The van der Waals surface area contributed by atoms with E-state index >= 15 is 0 Å². The van der Waals surface area contributed by atoms with Gasteiger partial charge in [-0.1, -0.05) is 31.7 Å². The minimum atomic E-state index is -0.0951. The quantitative estimate of drug-likeness (QED) is 0.234. The zero-order valence-electron chi connectivity index (χ0n) is 15.2. The number of thioether (sulfide) groups is 1. The monoisotopic (exact) mass is 485 g/mol. The number of carbonyl (C=O) groups is 1. The highest BCUT2D eigenvalue weighted by molar-refractivity contribution is 14.1. The molecule has 2 rings (SSSR count). The molecule has 2 aromatic rings. The third-order valence-corrected chi connectivity index (χ3v) is 5.49. The van der Waals surface area contributed by atoms with Crippen LogP contribution in [0.1, 0.15) is 26.7 Å². The van der Waals surface area contributed by atoms with E-state index in [1.807, 2.05) is 23.1 Å². The van der Waals surface area contributed by atoms with Gasteiger partial charge in [0.1, 0.15) is 0 Å². The van der Waals surface area contributed by atoms with Crippen molar-refractivity contribution in [2.24, 2.45) is 0 Å². The fourth-order valence-electron chi connectivity index (χ4n) is 2.69. The van der Waals surface area contributed by atoms with Crippen LogP contribution in [-0.4, -0.2) is 39.2 Å². The number of amides is 1. The number of allylic oxidation sites excluding steroid dienone is 1. The van der Waals surface area contributed by atoms with Crippen molar-refractivity contribution in [2.75, 3.05) is 18.8 Å². The van der Waals surface area contributed by atoms with Crippen LogP contribution in [0, 0.1) is 3.57 Å². The van der Waals surface area contributed by atoms with Crippen molar-refractivity contribution >= 4 is 51.2 Å². The molecule has 0 atom stereocenters. The number of halogens is 1. The highest BCUT2D eigenvalue weighted by Gasteiger charge is 2.16. The van der Waals surface area contributed by atoms with Crippen molar-refractivity contribution in [2.45, 2.75) is 38.4 Å². The molecule has 0 bridgehead atoms. The van der Waals surface area contributed by atoms with Gasteiger partial charge >= 0.3 is 0 Å². The molecule has 0 fully saturated rings. The molecule has 1 aromatic heterocycles. The molecule has 0 saturated heterocycles. The summed E-state index contributed by atoms with van der Waals surface area (Å²) in [6.07, 6.45) is 3.55. The van der Waals surface area contributed by atoms with Crippen LogP contribution >= 0.6 is 34.4 Å². The molecule has 0 spiro atoms. The third-order valence-electron chi connectivity index (χ3n) is 3.86. The van der Waals surface area contributed by atoms with E-state index < -0.39 is 0 Å². The van der Waals surface area contributed by atoms with Crippen LogP contribution in [0.15, 0.2) is 40.8 Å². The largest absolute Gasteiger partial charge is 0.342 e. The molecule has 7 heteroatoms. The Hall–Kier alpha value is -1.35. The maximum absolute atomic E-state index is 12.8. The predicted octanol–water partition coefficient (Wildman–Crippen LogP) is 3.93. The van der Waals surface area contributed by atoms with E-state index in [1.54, 1.807) is 10.6 Å². The van der Waals surface area contributed by atoms with E-state index in [0.717, 1.165) is 29.5 Å². The Morgan fingerprint density at radius 3 is 2.65 bits per heavy atom. The van der Waals surface area contributed by atoms with Crippen molar-refractivity contribution in [3.8, 4) is 0 Å². The minimum absolute atomic E-state index is 0.0841. The molecule has 0 N–H and O–H groups in total. The second kappa shape index (κ2) is 10.1. The molecule has 5 nitrogen and oxygen atoms in total. The maximum atomic E-state index is 12.8. The summed E-state index contributed by atoms with van der Waals surface area (Å²) in [5, 5.41) is 1.15. The number of rotatable bonds is 9. The van der Waals surface area contributed by atoms with Gasteiger partial charge in [0, 0.05) is 23.2 Å². The predicted molar refractivity (Wildman–Crippen MR) is 117 cm³/mol. The molecule has 0 aliphatic carbocycles. The summed E-state index contributed by atoms with van der Waals surface area (Å²) in [5.41, 5.74) is 0.562. The van der Waals surface area contributed by atoms with Gasteiger partial charge in [0.2, 0.25) is 5.91 Å². The Morgan fingerprint density at radius 2 is 2.04 bits per heavy atom. The molecular formula is C19H24IN3O2S. The Balaban J connectivity index is 2.31. The molecule has 140 valence electrons. The summed E-state index contributed by atoms with van der Waals surface area (Å²) >= 11 is 3.50. The number of aromatic nitrogens is 2. The first kappa shape index (κ1) is 21.0. The Bertz CT molecular complexity index is 845. The second-order valence-corrected chi connectivity index (χ2v) is 8.12. The summed E-state index contributed by atoms with van der Waals surface area (Å²) in [7, 11) is 0. The van der Waals surface area contributed by atoms with Crippen LogP contribution in [0.25, 0.3) is 10.9 Å². The normalized spacial score (nSPS) is 10.9. The fraction of sp³-hybridized carbons (Fsp3) is 0.421. The zero-order valence-corrected chi connectivity index (χ0v) is 18.2. The number of fused-ring (bicyclic) bond motifs is 1. The molecule has 0 unspecified atom stereocenters. The molecule has 1 heterocycles. The summed E-state index contributed by atoms with van der Waals surface area (Å²) < 4.78 is 2.58. The molecule has 0 aliphatic heterocycles. The highest BCUT2D eigenvalue weighted by atomic mass is 127. The summed E-state index contributed by atoms with van der Waals surface area (Å²) in [4.78, 5) is 31.9. The Kier molecular flexibility index (Phi) is 8.15. The van der Waals surface area contributed by atoms with E-state index in [4.69, 9.17) is 0 Å². The van der Waals surface area contributed by atoms with Gasteiger partial charge in [-0.15, -0.1) is 6.58 Å². The summed E-state index contributed by atoms with van der Waals surface area (Å²) in [5.74, 6) is 0.361. The summed E-state index contributed by atoms with van der Waals surface area (Å²) in [6, 6.07) is 5.62. The first-order chi connectivity index (χ1) is 12.5. The van der Waals surface area contributed by atoms with Gasteiger partial charge in [-0.3, -0.25) is 14.2 Å². The highest BCUT2D eigenvalue weighted by Crippen LogP contribution is 2.20. The average Bonchev–Trinajstić information content (AvgIpc) is 2.63. The number of nitrogens with zero attached hydrogens (tertiary/aromatic N) is 3. The van der Waals surface area contributed by atoms with Crippen molar-refractivity contribution in [3.63, 3.8) is 0 Å². The van der Waals surface area contributed by atoms with Crippen LogP contribution in [0.2, 0.25) is 0 Å². The molecule has 0 aliphatic rings. The molecule has 26 heavy (non-hydrogen) atoms. The standard InChI is InChI=1S/C19H24IN3O2S/c1-4-9-22(10-5-2)17(24)13-26-19-21-16-8-7-14(20)12-15(16)18(25)23(19)11-6-3/h6-8,12H,3-5,9-11,13H2,1-2H3. The second-order valence-electron chi connectivity index (χ2n) is 5.93. The van der Waals surface area contributed by atoms with Gasteiger partial charge in [-0.05, 0) is 53.6 Å². The molecule has 0 radical (unpaired) electrons. The summed E-state index contributed by atoms with van der Waals surface area (Å²) in [6.45, 7) is 9.76. The topological polar surface area (TPSA) is 55.2 Å². The number of hydrogen-bond donors (Lipinski definition) is 0. The molecule has 0 saturated carbocycles. The van der Waals surface area contributed by atoms with E-state index in [1.165, 1.54) is 11.8 Å².